The molecule has 0 fully saturated rings. The maximum absolute atomic E-state index is 5.75. The minimum Gasteiger partial charge on any atom is -0.464 e. The van der Waals surface area contributed by atoms with Gasteiger partial charge in [0, 0.05) is 6.42 Å². The van der Waals surface area contributed by atoms with Crippen LogP contribution in [0.3, 0.4) is 0 Å². The molecule has 0 amide bonds. The minimum atomic E-state index is 0.101. The third-order valence-corrected chi connectivity index (χ3v) is 3.38. The van der Waals surface area contributed by atoms with Gasteiger partial charge in [0.05, 0.1) is 6.04 Å². The SMILES string of the molecule is CCc1ccc(C(CCCc2ccccc2)NN)o1. The first-order valence-electron chi connectivity index (χ1n) is 6.92. The van der Waals surface area contributed by atoms with Crippen molar-refractivity contribution in [3.05, 3.63) is 59.5 Å². The fourth-order valence-corrected chi connectivity index (χ4v) is 2.23. The molecule has 0 radical (unpaired) electrons. The molecule has 2 aromatic rings. The quantitative estimate of drug-likeness (QED) is 0.591. The third-order valence-electron chi connectivity index (χ3n) is 3.38. The van der Waals surface area contributed by atoms with Crippen molar-refractivity contribution in [1.82, 2.24) is 5.43 Å². The summed E-state index contributed by atoms with van der Waals surface area (Å²) in [5.74, 6) is 7.57. The van der Waals surface area contributed by atoms with Gasteiger partial charge < -0.3 is 4.42 Å². The van der Waals surface area contributed by atoms with Crippen LogP contribution in [0.15, 0.2) is 46.9 Å². The standard InChI is InChI=1S/C16H22N2O/c1-2-14-11-12-16(19-14)15(18-17)10-6-9-13-7-4-3-5-8-13/h3-5,7-8,11-12,15,18H,2,6,9-10,17H2,1H3. The van der Waals surface area contributed by atoms with E-state index in [1.165, 1.54) is 5.56 Å². The van der Waals surface area contributed by atoms with Crippen LogP contribution >= 0.6 is 0 Å². The Bertz CT molecular complexity index is 479. The summed E-state index contributed by atoms with van der Waals surface area (Å²) in [4.78, 5) is 0. The van der Waals surface area contributed by atoms with Crippen LogP contribution in [0, 0.1) is 0 Å². The van der Waals surface area contributed by atoms with E-state index in [2.05, 4.69) is 36.6 Å². The molecule has 0 aliphatic rings. The average molecular weight is 258 g/mol. The molecule has 1 aromatic carbocycles. The molecule has 1 atom stereocenters. The molecule has 1 unspecified atom stereocenters. The van der Waals surface area contributed by atoms with E-state index in [4.69, 9.17) is 10.3 Å². The molecule has 3 heteroatoms. The van der Waals surface area contributed by atoms with Crippen molar-refractivity contribution in [2.75, 3.05) is 0 Å². The molecule has 102 valence electrons. The average Bonchev–Trinajstić information content (AvgIpc) is 2.93. The van der Waals surface area contributed by atoms with Crippen molar-refractivity contribution < 1.29 is 4.42 Å². The van der Waals surface area contributed by atoms with Crippen molar-refractivity contribution in [2.24, 2.45) is 5.84 Å². The van der Waals surface area contributed by atoms with E-state index in [0.29, 0.717) is 0 Å². The van der Waals surface area contributed by atoms with Gasteiger partial charge in [-0.3, -0.25) is 5.84 Å². The zero-order chi connectivity index (χ0) is 13.5. The molecule has 3 N–H and O–H groups in total. The van der Waals surface area contributed by atoms with Crippen LogP contribution in [0.5, 0.6) is 0 Å². The summed E-state index contributed by atoms with van der Waals surface area (Å²) < 4.78 is 5.75. The van der Waals surface area contributed by atoms with Crippen molar-refractivity contribution in [1.29, 1.82) is 0 Å². The van der Waals surface area contributed by atoms with Gasteiger partial charge in [-0.25, -0.2) is 5.43 Å². The first kappa shape index (κ1) is 13.8. The number of hydrazine groups is 1. The van der Waals surface area contributed by atoms with Crippen LogP contribution in [0.2, 0.25) is 0 Å². The monoisotopic (exact) mass is 258 g/mol. The number of furan rings is 1. The van der Waals surface area contributed by atoms with E-state index in [0.717, 1.165) is 37.2 Å². The summed E-state index contributed by atoms with van der Waals surface area (Å²) in [6.07, 6.45) is 4.05. The van der Waals surface area contributed by atoms with Gasteiger partial charge in [-0.15, -0.1) is 0 Å². The zero-order valence-corrected chi connectivity index (χ0v) is 11.4. The second-order valence-corrected chi connectivity index (χ2v) is 4.75. The highest BCUT2D eigenvalue weighted by Crippen LogP contribution is 2.21. The lowest BCUT2D eigenvalue weighted by molar-refractivity contribution is 0.378. The Hall–Kier alpha value is -1.58. The highest BCUT2D eigenvalue weighted by Gasteiger charge is 2.13. The van der Waals surface area contributed by atoms with Crippen molar-refractivity contribution in [3.63, 3.8) is 0 Å². The first-order chi connectivity index (χ1) is 9.33. The molecule has 0 spiro atoms. The Balaban J connectivity index is 1.86. The molecule has 0 bridgehead atoms. The lowest BCUT2D eigenvalue weighted by Crippen LogP contribution is -2.27. The first-order valence-corrected chi connectivity index (χ1v) is 6.92. The number of aryl methyl sites for hydroxylation is 2. The van der Waals surface area contributed by atoms with E-state index < -0.39 is 0 Å². The molecule has 2 rings (SSSR count). The summed E-state index contributed by atoms with van der Waals surface area (Å²) in [6.45, 7) is 2.09. The third kappa shape index (κ3) is 3.94. The molecule has 1 heterocycles. The Kier molecular flexibility index (Phi) is 5.19. The number of nitrogens with two attached hydrogens (primary N) is 1. The number of hydrogen-bond donors (Lipinski definition) is 2. The van der Waals surface area contributed by atoms with Crippen molar-refractivity contribution in [2.45, 2.75) is 38.6 Å². The summed E-state index contributed by atoms with van der Waals surface area (Å²) in [5.41, 5.74) is 4.22. The van der Waals surface area contributed by atoms with Crippen LogP contribution in [-0.4, -0.2) is 0 Å². The predicted molar refractivity (Wildman–Crippen MR) is 77.5 cm³/mol. The topological polar surface area (TPSA) is 51.2 Å². The van der Waals surface area contributed by atoms with E-state index in [1.54, 1.807) is 0 Å². The fraction of sp³-hybridized carbons (Fsp3) is 0.375. The number of rotatable bonds is 7. The predicted octanol–water partition coefficient (Wildman–Crippen LogP) is 3.37. The molecule has 0 aliphatic heterocycles. The second kappa shape index (κ2) is 7.12. The Morgan fingerprint density at radius 3 is 2.58 bits per heavy atom. The molecular weight excluding hydrogens is 236 g/mol. The van der Waals surface area contributed by atoms with Crippen LogP contribution in [0.25, 0.3) is 0 Å². The second-order valence-electron chi connectivity index (χ2n) is 4.75. The molecule has 1 aromatic heterocycles. The Morgan fingerprint density at radius 1 is 1.16 bits per heavy atom. The van der Waals surface area contributed by atoms with Crippen LogP contribution < -0.4 is 11.3 Å². The van der Waals surface area contributed by atoms with Crippen LogP contribution in [-0.2, 0) is 12.8 Å². The van der Waals surface area contributed by atoms with E-state index in [-0.39, 0.29) is 6.04 Å². The smallest absolute Gasteiger partial charge is 0.122 e. The van der Waals surface area contributed by atoms with Gasteiger partial charge in [0.25, 0.3) is 0 Å². The lowest BCUT2D eigenvalue weighted by Gasteiger charge is -2.13. The van der Waals surface area contributed by atoms with Crippen molar-refractivity contribution >= 4 is 0 Å². The van der Waals surface area contributed by atoms with Gasteiger partial charge in [0.2, 0.25) is 0 Å². The summed E-state index contributed by atoms with van der Waals surface area (Å²) in [5, 5.41) is 0. The fourth-order valence-electron chi connectivity index (χ4n) is 2.23. The summed E-state index contributed by atoms with van der Waals surface area (Å²) >= 11 is 0. The maximum Gasteiger partial charge on any atom is 0.122 e. The van der Waals surface area contributed by atoms with E-state index in [1.807, 2.05) is 18.2 Å². The van der Waals surface area contributed by atoms with Crippen LogP contribution in [0.4, 0.5) is 0 Å². The number of nitrogens with one attached hydrogen (secondary N) is 1. The van der Waals surface area contributed by atoms with E-state index in [9.17, 15) is 0 Å². The molecule has 0 saturated heterocycles. The maximum atomic E-state index is 5.75. The highest BCUT2D eigenvalue weighted by atomic mass is 16.3. The molecule has 19 heavy (non-hydrogen) atoms. The zero-order valence-electron chi connectivity index (χ0n) is 11.4. The number of benzene rings is 1. The normalized spacial score (nSPS) is 12.5. The van der Waals surface area contributed by atoms with Crippen molar-refractivity contribution in [3.8, 4) is 0 Å². The van der Waals surface area contributed by atoms with Gasteiger partial charge in [0.15, 0.2) is 0 Å². The summed E-state index contributed by atoms with van der Waals surface area (Å²) in [7, 11) is 0. The van der Waals surface area contributed by atoms with Gasteiger partial charge in [-0.1, -0.05) is 37.3 Å². The summed E-state index contributed by atoms with van der Waals surface area (Å²) in [6, 6.07) is 14.7. The van der Waals surface area contributed by atoms with Crippen LogP contribution in [0.1, 0.15) is 42.9 Å². The van der Waals surface area contributed by atoms with Gasteiger partial charge in [-0.05, 0) is 37.0 Å². The largest absolute Gasteiger partial charge is 0.464 e. The van der Waals surface area contributed by atoms with Gasteiger partial charge in [0.1, 0.15) is 11.5 Å². The Morgan fingerprint density at radius 2 is 1.95 bits per heavy atom. The van der Waals surface area contributed by atoms with E-state index >= 15 is 0 Å². The molecule has 3 nitrogen and oxygen atoms in total. The Labute approximate surface area is 114 Å². The lowest BCUT2D eigenvalue weighted by atomic mass is 10.0. The van der Waals surface area contributed by atoms with Gasteiger partial charge >= 0.3 is 0 Å². The molecule has 0 aliphatic carbocycles. The van der Waals surface area contributed by atoms with Gasteiger partial charge in [-0.2, -0.15) is 0 Å². The minimum absolute atomic E-state index is 0.101. The molecule has 0 saturated carbocycles. The molecular formula is C16H22N2O. The highest BCUT2D eigenvalue weighted by molar-refractivity contribution is 5.15. The number of hydrogen-bond acceptors (Lipinski definition) is 3.